The van der Waals surface area contributed by atoms with Gasteiger partial charge >= 0.3 is 6.18 Å². The number of rotatable bonds is 4. The summed E-state index contributed by atoms with van der Waals surface area (Å²) in [7, 11) is 0. The number of ether oxygens (including phenoxy) is 1. The van der Waals surface area contributed by atoms with Gasteiger partial charge in [0.25, 0.3) is 0 Å². The lowest BCUT2D eigenvalue weighted by Gasteiger charge is -2.06. The Morgan fingerprint density at radius 1 is 0.900 bits per heavy atom. The molecule has 104 valence electrons. The zero-order valence-corrected chi connectivity index (χ0v) is 10.6. The van der Waals surface area contributed by atoms with Crippen LogP contribution in [0.5, 0.6) is 5.75 Å². The van der Waals surface area contributed by atoms with Crippen LogP contribution in [0.25, 0.3) is 0 Å². The highest BCUT2D eigenvalue weighted by atomic mass is 19.4. The van der Waals surface area contributed by atoms with Crippen molar-refractivity contribution in [3.63, 3.8) is 0 Å². The van der Waals surface area contributed by atoms with Crippen molar-refractivity contribution in [1.29, 1.82) is 0 Å². The van der Waals surface area contributed by atoms with Gasteiger partial charge in [-0.2, -0.15) is 13.2 Å². The molecule has 0 bridgehead atoms. The molecule has 0 aliphatic heterocycles. The maximum Gasteiger partial charge on any atom is 0.416 e. The minimum Gasteiger partial charge on any atom is -0.465 e. The summed E-state index contributed by atoms with van der Waals surface area (Å²) >= 11 is 0. The van der Waals surface area contributed by atoms with Crippen molar-refractivity contribution in [3.8, 4) is 5.75 Å². The molecule has 0 heterocycles. The van der Waals surface area contributed by atoms with E-state index in [1.807, 2.05) is 36.4 Å². The third kappa shape index (κ3) is 4.16. The quantitative estimate of drug-likeness (QED) is 0.727. The van der Waals surface area contributed by atoms with Gasteiger partial charge in [0.1, 0.15) is 5.75 Å². The second-order valence-corrected chi connectivity index (χ2v) is 4.20. The molecule has 0 unspecified atom stereocenters. The van der Waals surface area contributed by atoms with Gasteiger partial charge in [-0.3, -0.25) is 0 Å². The van der Waals surface area contributed by atoms with E-state index in [1.165, 1.54) is 18.4 Å². The van der Waals surface area contributed by atoms with Crippen molar-refractivity contribution in [2.75, 3.05) is 0 Å². The van der Waals surface area contributed by atoms with E-state index in [0.29, 0.717) is 12.2 Å². The summed E-state index contributed by atoms with van der Waals surface area (Å²) in [5.74, 6) is 0.377. The second kappa shape index (κ2) is 6.28. The molecule has 0 radical (unpaired) electrons. The summed E-state index contributed by atoms with van der Waals surface area (Å²) in [5, 5.41) is 0. The summed E-state index contributed by atoms with van der Waals surface area (Å²) in [6.45, 7) is 0. The first kappa shape index (κ1) is 14.2. The monoisotopic (exact) mass is 278 g/mol. The largest absolute Gasteiger partial charge is 0.465 e. The normalized spacial score (nSPS) is 11.8. The fraction of sp³-hybridized carbons (Fsp3) is 0.125. The van der Waals surface area contributed by atoms with Gasteiger partial charge in [-0.25, -0.2) is 0 Å². The molecule has 0 fully saturated rings. The van der Waals surface area contributed by atoms with Gasteiger partial charge in [-0.05, 0) is 42.3 Å². The Morgan fingerprint density at radius 3 is 2.15 bits per heavy atom. The predicted molar refractivity (Wildman–Crippen MR) is 71.4 cm³/mol. The van der Waals surface area contributed by atoms with Crippen molar-refractivity contribution < 1.29 is 17.9 Å². The fourth-order valence-electron chi connectivity index (χ4n) is 1.65. The average molecular weight is 278 g/mol. The van der Waals surface area contributed by atoms with Crippen LogP contribution >= 0.6 is 0 Å². The van der Waals surface area contributed by atoms with E-state index < -0.39 is 11.7 Å². The standard InChI is InChI=1S/C16H13F3O/c17-16(18,19)14-8-10-15(11-9-14)20-12-4-7-13-5-2-1-3-6-13/h1-6,8-12H,7H2. The number of halogens is 3. The lowest BCUT2D eigenvalue weighted by molar-refractivity contribution is -0.137. The SMILES string of the molecule is FC(F)(F)c1ccc(OC=CCc2ccccc2)cc1. The third-order valence-corrected chi connectivity index (χ3v) is 2.68. The van der Waals surface area contributed by atoms with Crippen LogP contribution in [-0.4, -0.2) is 0 Å². The lowest BCUT2D eigenvalue weighted by atomic mass is 10.1. The molecule has 4 heteroatoms. The van der Waals surface area contributed by atoms with E-state index in [9.17, 15) is 13.2 Å². The maximum absolute atomic E-state index is 12.4. The number of hydrogen-bond acceptors (Lipinski definition) is 1. The summed E-state index contributed by atoms with van der Waals surface area (Å²) in [4.78, 5) is 0. The second-order valence-electron chi connectivity index (χ2n) is 4.20. The molecule has 1 nitrogen and oxygen atoms in total. The first-order valence-corrected chi connectivity index (χ1v) is 6.08. The van der Waals surface area contributed by atoms with E-state index in [2.05, 4.69) is 0 Å². The van der Waals surface area contributed by atoms with Crippen molar-refractivity contribution in [3.05, 3.63) is 78.1 Å². The number of alkyl halides is 3. The highest BCUT2D eigenvalue weighted by Gasteiger charge is 2.29. The minimum atomic E-state index is -4.32. The summed E-state index contributed by atoms with van der Waals surface area (Å²) < 4.78 is 42.3. The highest BCUT2D eigenvalue weighted by Crippen LogP contribution is 2.30. The van der Waals surface area contributed by atoms with Crippen LogP contribution in [0.1, 0.15) is 11.1 Å². The van der Waals surface area contributed by atoms with Crippen molar-refractivity contribution in [2.45, 2.75) is 12.6 Å². The molecule has 0 spiro atoms. The topological polar surface area (TPSA) is 9.23 Å². The molecule has 2 rings (SSSR count). The van der Waals surface area contributed by atoms with Crippen molar-refractivity contribution in [1.82, 2.24) is 0 Å². The van der Waals surface area contributed by atoms with Crippen LogP contribution in [-0.2, 0) is 12.6 Å². The van der Waals surface area contributed by atoms with E-state index in [1.54, 1.807) is 0 Å². The smallest absolute Gasteiger partial charge is 0.416 e. The lowest BCUT2D eigenvalue weighted by Crippen LogP contribution is -2.03. The average Bonchev–Trinajstić information content (AvgIpc) is 2.44. The Balaban J connectivity index is 1.88. The molecule has 2 aromatic carbocycles. The molecule has 0 aliphatic rings. The Morgan fingerprint density at radius 2 is 1.55 bits per heavy atom. The Labute approximate surface area is 115 Å². The molecule has 0 N–H and O–H groups in total. The molecule has 0 saturated carbocycles. The van der Waals surface area contributed by atoms with Gasteiger partial charge in [0, 0.05) is 0 Å². The van der Waals surface area contributed by atoms with Crippen LogP contribution < -0.4 is 4.74 Å². The van der Waals surface area contributed by atoms with Gasteiger partial charge in [-0.15, -0.1) is 0 Å². The van der Waals surface area contributed by atoms with Crippen LogP contribution in [0.15, 0.2) is 66.9 Å². The van der Waals surface area contributed by atoms with Crippen LogP contribution in [0.2, 0.25) is 0 Å². The Hall–Kier alpha value is -2.23. The Kier molecular flexibility index (Phi) is 4.45. The molecule has 0 aliphatic carbocycles. The maximum atomic E-state index is 12.4. The highest BCUT2D eigenvalue weighted by molar-refractivity contribution is 5.29. The van der Waals surface area contributed by atoms with Crippen LogP contribution in [0.4, 0.5) is 13.2 Å². The zero-order chi connectivity index (χ0) is 14.4. The van der Waals surface area contributed by atoms with Gasteiger partial charge in [-0.1, -0.05) is 30.3 Å². The van der Waals surface area contributed by atoms with E-state index >= 15 is 0 Å². The molecule has 0 amide bonds. The Bertz CT molecular complexity index is 557. The van der Waals surface area contributed by atoms with Crippen molar-refractivity contribution in [2.24, 2.45) is 0 Å². The summed E-state index contributed by atoms with van der Waals surface area (Å²) in [6.07, 6.45) is -0.314. The molecule has 2 aromatic rings. The molecule has 20 heavy (non-hydrogen) atoms. The van der Waals surface area contributed by atoms with Crippen LogP contribution in [0.3, 0.4) is 0 Å². The molecular formula is C16H13F3O. The van der Waals surface area contributed by atoms with Gasteiger partial charge < -0.3 is 4.74 Å². The van der Waals surface area contributed by atoms with Crippen molar-refractivity contribution >= 4 is 0 Å². The predicted octanol–water partition coefficient (Wildman–Crippen LogP) is 4.84. The van der Waals surface area contributed by atoms with Crippen LogP contribution in [0, 0.1) is 0 Å². The van der Waals surface area contributed by atoms with E-state index in [4.69, 9.17) is 4.74 Å². The minimum absolute atomic E-state index is 0.377. The number of benzene rings is 2. The van der Waals surface area contributed by atoms with Gasteiger partial charge in [0.05, 0.1) is 11.8 Å². The van der Waals surface area contributed by atoms with Gasteiger partial charge in [0.2, 0.25) is 0 Å². The summed E-state index contributed by atoms with van der Waals surface area (Å²) in [5.41, 5.74) is 0.456. The number of allylic oxidation sites excluding steroid dienone is 1. The molecule has 0 aromatic heterocycles. The molecule has 0 atom stereocenters. The third-order valence-electron chi connectivity index (χ3n) is 2.68. The summed E-state index contributed by atoms with van der Waals surface area (Å²) in [6, 6.07) is 14.4. The van der Waals surface area contributed by atoms with E-state index in [-0.39, 0.29) is 0 Å². The number of hydrogen-bond donors (Lipinski definition) is 0. The molecule has 0 saturated heterocycles. The molecular weight excluding hydrogens is 265 g/mol. The van der Waals surface area contributed by atoms with Gasteiger partial charge in [0.15, 0.2) is 0 Å². The van der Waals surface area contributed by atoms with E-state index in [0.717, 1.165) is 17.7 Å². The first-order chi connectivity index (χ1) is 9.55. The fourth-order valence-corrected chi connectivity index (χ4v) is 1.65. The first-order valence-electron chi connectivity index (χ1n) is 6.08. The zero-order valence-electron chi connectivity index (χ0n) is 10.6.